The van der Waals surface area contributed by atoms with Crippen LogP contribution in [-0.4, -0.2) is 26.5 Å². The summed E-state index contributed by atoms with van der Waals surface area (Å²) in [6.07, 6.45) is 2.92. The van der Waals surface area contributed by atoms with Gasteiger partial charge in [0.1, 0.15) is 4.90 Å². The molecule has 84 valence electrons. The number of pyridine rings is 1. The molecule has 1 aromatic rings. The maximum Gasteiger partial charge on any atom is 0.242 e. The van der Waals surface area contributed by atoms with Gasteiger partial charge in [0, 0.05) is 19.3 Å². The van der Waals surface area contributed by atoms with Crippen molar-refractivity contribution in [2.24, 2.45) is 0 Å². The van der Waals surface area contributed by atoms with Crippen molar-refractivity contribution in [3.63, 3.8) is 0 Å². The molecule has 1 rings (SSSR count). The van der Waals surface area contributed by atoms with Gasteiger partial charge in [-0.25, -0.2) is 13.1 Å². The van der Waals surface area contributed by atoms with Crippen LogP contribution in [0.1, 0.15) is 13.8 Å². The van der Waals surface area contributed by atoms with E-state index in [1.807, 2.05) is 6.92 Å². The monoisotopic (exact) mass is 229 g/mol. The predicted octanol–water partition coefficient (Wildman–Crippen LogP) is 0.812. The van der Waals surface area contributed by atoms with E-state index in [-0.39, 0.29) is 4.90 Å². The highest BCUT2D eigenvalue weighted by Gasteiger charge is 2.12. The first-order chi connectivity index (χ1) is 7.10. The zero-order chi connectivity index (χ0) is 11.3. The molecule has 0 spiro atoms. The van der Waals surface area contributed by atoms with Gasteiger partial charge in [0.25, 0.3) is 0 Å². The van der Waals surface area contributed by atoms with Gasteiger partial charge in [-0.1, -0.05) is 6.92 Å². The first-order valence-corrected chi connectivity index (χ1v) is 6.27. The summed E-state index contributed by atoms with van der Waals surface area (Å²) in [7, 11) is -3.40. The maximum atomic E-state index is 11.6. The van der Waals surface area contributed by atoms with E-state index < -0.39 is 10.0 Å². The molecule has 0 bridgehead atoms. The Kier molecular flexibility index (Phi) is 4.05. The molecular formula is C9H15N3O2S. The van der Waals surface area contributed by atoms with Crippen molar-refractivity contribution in [3.05, 3.63) is 18.5 Å². The molecule has 0 amide bonds. The maximum absolute atomic E-state index is 11.6. The van der Waals surface area contributed by atoms with Crippen molar-refractivity contribution in [3.8, 4) is 0 Å². The van der Waals surface area contributed by atoms with E-state index in [0.29, 0.717) is 12.2 Å². The minimum absolute atomic E-state index is 0.183. The summed E-state index contributed by atoms with van der Waals surface area (Å²) >= 11 is 0. The fraction of sp³-hybridized carbons (Fsp3) is 0.444. The molecule has 0 aliphatic heterocycles. The van der Waals surface area contributed by atoms with Gasteiger partial charge in [0.2, 0.25) is 10.0 Å². The van der Waals surface area contributed by atoms with Gasteiger partial charge in [-0.05, 0) is 13.0 Å². The number of nitrogens with zero attached hydrogens (tertiary/aromatic N) is 1. The molecule has 0 saturated carbocycles. The lowest BCUT2D eigenvalue weighted by Crippen LogP contribution is -2.23. The number of rotatable bonds is 5. The average Bonchev–Trinajstić information content (AvgIpc) is 2.19. The van der Waals surface area contributed by atoms with E-state index in [4.69, 9.17) is 0 Å². The van der Waals surface area contributed by atoms with Crippen molar-refractivity contribution < 1.29 is 8.42 Å². The summed E-state index contributed by atoms with van der Waals surface area (Å²) in [5.41, 5.74) is 0.705. The van der Waals surface area contributed by atoms with Crippen LogP contribution in [0.15, 0.2) is 23.4 Å². The minimum Gasteiger partial charge on any atom is -0.384 e. The van der Waals surface area contributed by atoms with E-state index in [0.717, 1.165) is 6.54 Å². The second-order valence-corrected chi connectivity index (χ2v) is 4.71. The Morgan fingerprint density at radius 3 is 2.60 bits per heavy atom. The largest absolute Gasteiger partial charge is 0.384 e. The molecule has 0 atom stereocenters. The molecule has 15 heavy (non-hydrogen) atoms. The molecule has 0 unspecified atom stereocenters. The molecule has 0 aliphatic rings. The summed E-state index contributed by atoms with van der Waals surface area (Å²) in [5.74, 6) is 0. The molecule has 2 N–H and O–H groups in total. The van der Waals surface area contributed by atoms with E-state index in [1.54, 1.807) is 19.2 Å². The standard InChI is InChI=1S/C9H15N3O2S/c1-3-11-8-5-9(7-10-6-8)15(13,14)12-4-2/h5-7,11-12H,3-4H2,1-2H3. The van der Waals surface area contributed by atoms with Crippen LogP contribution >= 0.6 is 0 Å². The second-order valence-electron chi connectivity index (χ2n) is 2.94. The highest BCUT2D eigenvalue weighted by Crippen LogP contribution is 2.12. The number of sulfonamides is 1. The van der Waals surface area contributed by atoms with Gasteiger partial charge < -0.3 is 5.32 Å². The molecule has 1 aromatic heterocycles. The Labute approximate surface area is 90.0 Å². The third-order valence-electron chi connectivity index (χ3n) is 1.74. The fourth-order valence-corrected chi connectivity index (χ4v) is 2.17. The summed E-state index contributed by atoms with van der Waals surface area (Å²) in [6, 6.07) is 1.56. The molecule has 0 saturated heterocycles. The number of hydrogen-bond acceptors (Lipinski definition) is 4. The van der Waals surface area contributed by atoms with Crippen LogP contribution < -0.4 is 10.0 Å². The minimum atomic E-state index is -3.40. The van der Waals surface area contributed by atoms with E-state index in [2.05, 4.69) is 15.0 Å². The van der Waals surface area contributed by atoms with Gasteiger partial charge in [-0.15, -0.1) is 0 Å². The Hall–Kier alpha value is -1.14. The topological polar surface area (TPSA) is 71.1 Å². The summed E-state index contributed by atoms with van der Waals surface area (Å²) in [6.45, 7) is 4.77. The van der Waals surface area contributed by atoms with Crippen LogP contribution in [0.25, 0.3) is 0 Å². The third-order valence-corrected chi connectivity index (χ3v) is 3.25. The van der Waals surface area contributed by atoms with Crippen LogP contribution in [0.5, 0.6) is 0 Å². The molecule has 0 fully saturated rings. The van der Waals surface area contributed by atoms with Crippen molar-refractivity contribution in [1.29, 1.82) is 0 Å². The third kappa shape index (κ3) is 3.17. The zero-order valence-corrected chi connectivity index (χ0v) is 9.63. The van der Waals surface area contributed by atoms with Crippen molar-refractivity contribution in [2.75, 3.05) is 18.4 Å². The molecule has 0 aromatic carbocycles. The van der Waals surface area contributed by atoms with Gasteiger partial charge >= 0.3 is 0 Å². The predicted molar refractivity (Wildman–Crippen MR) is 59.3 cm³/mol. The lowest BCUT2D eigenvalue weighted by atomic mass is 10.4. The highest BCUT2D eigenvalue weighted by atomic mass is 32.2. The zero-order valence-electron chi connectivity index (χ0n) is 8.82. The number of aromatic nitrogens is 1. The Morgan fingerprint density at radius 2 is 2.00 bits per heavy atom. The van der Waals surface area contributed by atoms with Crippen LogP contribution in [0.2, 0.25) is 0 Å². The van der Waals surface area contributed by atoms with Crippen molar-refractivity contribution in [2.45, 2.75) is 18.7 Å². The quantitative estimate of drug-likeness (QED) is 0.784. The first-order valence-electron chi connectivity index (χ1n) is 4.78. The van der Waals surface area contributed by atoms with Crippen LogP contribution in [0.4, 0.5) is 5.69 Å². The fourth-order valence-electron chi connectivity index (χ4n) is 1.14. The van der Waals surface area contributed by atoms with Gasteiger partial charge in [-0.3, -0.25) is 4.98 Å². The number of anilines is 1. The molecule has 5 nitrogen and oxygen atoms in total. The van der Waals surface area contributed by atoms with Gasteiger partial charge in [0.15, 0.2) is 0 Å². The van der Waals surface area contributed by atoms with Crippen LogP contribution in [0, 0.1) is 0 Å². The number of nitrogens with one attached hydrogen (secondary N) is 2. The molecule has 0 radical (unpaired) electrons. The van der Waals surface area contributed by atoms with Gasteiger partial charge in [0.05, 0.1) is 11.9 Å². The lowest BCUT2D eigenvalue weighted by molar-refractivity contribution is 0.583. The van der Waals surface area contributed by atoms with Crippen LogP contribution in [-0.2, 0) is 10.0 Å². The van der Waals surface area contributed by atoms with E-state index in [1.165, 1.54) is 6.20 Å². The Morgan fingerprint density at radius 1 is 1.27 bits per heavy atom. The summed E-state index contributed by atoms with van der Waals surface area (Å²) < 4.78 is 25.6. The van der Waals surface area contributed by atoms with Gasteiger partial charge in [-0.2, -0.15) is 0 Å². The molecule has 6 heteroatoms. The molecule has 0 aliphatic carbocycles. The Bertz CT molecular complexity index is 417. The van der Waals surface area contributed by atoms with E-state index in [9.17, 15) is 8.42 Å². The van der Waals surface area contributed by atoms with E-state index >= 15 is 0 Å². The molecular weight excluding hydrogens is 214 g/mol. The second kappa shape index (κ2) is 5.09. The summed E-state index contributed by atoms with van der Waals surface area (Å²) in [5, 5.41) is 3.01. The first kappa shape index (κ1) is 11.9. The van der Waals surface area contributed by atoms with Crippen LogP contribution in [0.3, 0.4) is 0 Å². The van der Waals surface area contributed by atoms with Crippen molar-refractivity contribution >= 4 is 15.7 Å². The SMILES string of the molecule is CCNc1cncc(S(=O)(=O)NCC)c1. The smallest absolute Gasteiger partial charge is 0.242 e. The Balaban J connectivity index is 2.99. The highest BCUT2D eigenvalue weighted by molar-refractivity contribution is 7.89. The normalized spacial score (nSPS) is 11.3. The number of hydrogen-bond donors (Lipinski definition) is 2. The lowest BCUT2D eigenvalue weighted by Gasteiger charge is -2.06. The molecule has 1 heterocycles. The summed E-state index contributed by atoms with van der Waals surface area (Å²) in [4.78, 5) is 4.05. The van der Waals surface area contributed by atoms with Crippen molar-refractivity contribution in [1.82, 2.24) is 9.71 Å². The average molecular weight is 229 g/mol.